The molecule has 2 rings (SSSR count). The number of methoxy groups -OCH3 is 1. The van der Waals surface area contributed by atoms with Gasteiger partial charge in [0.2, 0.25) is 5.88 Å². The Balaban J connectivity index is 1.66. The summed E-state index contributed by atoms with van der Waals surface area (Å²) in [6.45, 7) is 3.93. The van der Waals surface area contributed by atoms with Gasteiger partial charge in [0, 0.05) is 12.3 Å². The number of benzene rings is 1. The van der Waals surface area contributed by atoms with Crippen molar-refractivity contribution in [3.8, 4) is 11.6 Å². The summed E-state index contributed by atoms with van der Waals surface area (Å²) in [6.07, 6.45) is 4.81. The van der Waals surface area contributed by atoms with Gasteiger partial charge in [-0.3, -0.25) is 0 Å². The Morgan fingerprint density at radius 1 is 1.20 bits per heavy atom. The van der Waals surface area contributed by atoms with Crippen molar-refractivity contribution in [2.45, 2.75) is 26.2 Å². The summed E-state index contributed by atoms with van der Waals surface area (Å²) in [6, 6.07) is 12.0. The smallest absolute Gasteiger partial charge is 0.212 e. The second kappa shape index (κ2) is 7.53. The third-order valence-electron chi connectivity index (χ3n) is 3.00. The molecule has 0 saturated carbocycles. The molecular formula is C17H20NO2. The van der Waals surface area contributed by atoms with Crippen molar-refractivity contribution in [1.29, 1.82) is 0 Å². The molecule has 105 valence electrons. The van der Waals surface area contributed by atoms with Gasteiger partial charge in [0.15, 0.2) is 0 Å². The molecule has 20 heavy (non-hydrogen) atoms. The van der Waals surface area contributed by atoms with Gasteiger partial charge in [0.1, 0.15) is 12.4 Å². The number of pyridine rings is 1. The van der Waals surface area contributed by atoms with Crippen LogP contribution in [0.25, 0.3) is 0 Å². The van der Waals surface area contributed by atoms with E-state index in [1.54, 1.807) is 7.11 Å². The fourth-order valence-corrected chi connectivity index (χ4v) is 1.91. The van der Waals surface area contributed by atoms with E-state index in [1.807, 2.05) is 43.1 Å². The molecule has 0 amide bonds. The van der Waals surface area contributed by atoms with Crippen LogP contribution < -0.4 is 9.47 Å². The lowest BCUT2D eigenvalue weighted by Crippen LogP contribution is -1.94. The molecule has 3 heteroatoms. The minimum absolute atomic E-state index is 0.656. The fraction of sp³-hybridized carbons (Fsp3) is 0.294. The zero-order valence-corrected chi connectivity index (χ0v) is 12.0. The molecule has 1 radical (unpaired) electrons. The van der Waals surface area contributed by atoms with Crippen molar-refractivity contribution in [3.63, 3.8) is 0 Å². The zero-order valence-electron chi connectivity index (χ0n) is 12.0. The molecule has 0 unspecified atom stereocenters. The second-order valence-corrected chi connectivity index (χ2v) is 4.70. The van der Waals surface area contributed by atoms with E-state index in [1.165, 1.54) is 11.1 Å². The summed E-state index contributed by atoms with van der Waals surface area (Å²) >= 11 is 0. The Bertz CT molecular complexity index is 523. The summed E-state index contributed by atoms with van der Waals surface area (Å²) in [4.78, 5) is 4.19. The molecule has 1 aromatic carbocycles. The van der Waals surface area contributed by atoms with Crippen LogP contribution in [0, 0.1) is 13.5 Å². The van der Waals surface area contributed by atoms with E-state index in [0.29, 0.717) is 5.88 Å². The molecular weight excluding hydrogens is 250 g/mol. The summed E-state index contributed by atoms with van der Waals surface area (Å²) < 4.78 is 10.6. The lowest BCUT2D eigenvalue weighted by Gasteiger charge is -2.06. The SMILES string of the molecule is COc1ccc(CCC[CH]Oc2cccc(C)c2)cn1. The molecule has 1 heterocycles. The van der Waals surface area contributed by atoms with Crippen molar-refractivity contribution in [3.05, 3.63) is 60.3 Å². The molecule has 1 aromatic heterocycles. The Labute approximate surface area is 120 Å². The highest BCUT2D eigenvalue weighted by Crippen LogP contribution is 2.15. The number of aromatic nitrogens is 1. The van der Waals surface area contributed by atoms with Gasteiger partial charge in [-0.1, -0.05) is 18.2 Å². The standard InChI is InChI=1S/C17H20NO2/c1-14-6-5-8-16(12-14)20-11-4-3-7-15-9-10-17(19-2)18-13-15/h5-6,8-13H,3-4,7H2,1-2H3. The normalized spacial score (nSPS) is 10.3. The first-order valence-corrected chi connectivity index (χ1v) is 6.82. The highest BCUT2D eigenvalue weighted by atomic mass is 16.5. The monoisotopic (exact) mass is 270 g/mol. The number of nitrogens with zero attached hydrogens (tertiary/aromatic N) is 1. The van der Waals surface area contributed by atoms with E-state index in [2.05, 4.69) is 18.0 Å². The first kappa shape index (κ1) is 14.4. The lowest BCUT2D eigenvalue weighted by molar-refractivity contribution is 0.386. The zero-order chi connectivity index (χ0) is 14.2. The third-order valence-corrected chi connectivity index (χ3v) is 3.00. The highest BCUT2D eigenvalue weighted by molar-refractivity contribution is 5.27. The number of aryl methyl sites for hydroxylation is 2. The van der Waals surface area contributed by atoms with Crippen molar-refractivity contribution < 1.29 is 9.47 Å². The van der Waals surface area contributed by atoms with E-state index in [9.17, 15) is 0 Å². The van der Waals surface area contributed by atoms with Gasteiger partial charge in [-0.15, -0.1) is 0 Å². The highest BCUT2D eigenvalue weighted by Gasteiger charge is 1.98. The number of unbranched alkanes of at least 4 members (excludes halogenated alkanes) is 1. The van der Waals surface area contributed by atoms with Crippen LogP contribution in [-0.2, 0) is 6.42 Å². The average molecular weight is 270 g/mol. The van der Waals surface area contributed by atoms with Crippen LogP contribution in [0.15, 0.2) is 42.6 Å². The van der Waals surface area contributed by atoms with Gasteiger partial charge in [0.05, 0.1) is 7.11 Å². The summed E-state index contributed by atoms with van der Waals surface area (Å²) in [5.41, 5.74) is 2.43. The van der Waals surface area contributed by atoms with Gasteiger partial charge in [-0.25, -0.2) is 4.98 Å². The van der Waals surface area contributed by atoms with Crippen molar-refractivity contribution in [2.24, 2.45) is 0 Å². The summed E-state index contributed by atoms with van der Waals surface area (Å²) in [5, 5.41) is 0. The van der Waals surface area contributed by atoms with Gasteiger partial charge in [-0.05, 0) is 49.4 Å². The quantitative estimate of drug-likeness (QED) is 0.714. The van der Waals surface area contributed by atoms with E-state index in [4.69, 9.17) is 9.47 Å². The van der Waals surface area contributed by atoms with Crippen LogP contribution in [0.4, 0.5) is 0 Å². The Morgan fingerprint density at radius 2 is 2.10 bits per heavy atom. The molecule has 0 spiro atoms. The minimum atomic E-state index is 0.656. The van der Waals surface area contributed by atoms with Gasteiger partial charge >= 0.3 is 0 Å². The van der Waals surface area contributed by atoms with Crippen LogP contribution in [-0.4, -0.2) is 12.1 Å². The van der Waals surface area contributed by atoms with Crippen LogP contribution in [0.2, 0.25) is 0 Å². The predicted octanol–water partition coefficient (Wildman–Crippen LogP) is 3.96. The number of ether oxygens (including phenoxy) is 2. The van der Waals surface area contributed by atoms with E-state index < -0.39 is 0 Å². The Hall–Kier alpha value is -2.03. The molecule has 0 aliphatic carbocycles. The second-order valence-electron chi connectivity index (χ2n) is 4.70. The Morgan fingerprint density at radius 3 is 2.80 bits per heavy atom. The van der Waals surface area contributed by atoms with Gasteiger partial charge in [0.25, 0.3) is 0 Å². The summed E-state index contributed by atoms with van der Waals surface area (Å²) in [7, 11) is 1.62. The number of rotatable bonds is 7. The first-order valence-electron chi connectivity index (χ1n) is 6.82. The van der Waals surface area contributed by atoms with Crippen LogP contribution in [0.1, 0.15) is 24.0 Å². The van der Waals surface area contributed by atoms with Gasteiger partial charge in [-0.2, -0.15) is 0 Å². The topological polar surface area (TPSA) is 31.4 Å². The van der Waals surface area contributed by atoms with Crippen LogP contribution >= 0.6 is 0 Å². The maximum atomic E-state index is 5.60. The maximum Gasteiger partial charge on any atom is 0.212 e. The number of hydrogen-bond acceptors (Lipinski definition) is 3. The van der Waals surface area contributed by atoms with E-state index in [0.717, 1.165) is 25.0 Å². The summed E-state index contributed by atoms with van der Waals surface area (Å²) in [5.74, 6) is 1.55. The average Bonchev–Trinajstić information content (AvgIpc) is 2.48. The Kier molecular flexibility index (Phi) is 5.42. The molecule has 0 fully saturated rings. The van der Waals surface area contributed by atoms with E-state index >= 15 is 0 Å². The molecule has 3 nitrogen and oxygen atoms in total. The third kappa shape index (κ3) is 4.57. The predicted molar refractivity (Wildman–Crippen MR) is 79.8 cm³/mol. The van der Waals surface area contributed by atoms with Crippen LogP contribution in [0.3, 0.4) is 0 Å². The molecule has 2 aromatic rings. The first-order chi connectivity index (χ1) is 9.78. The molecule has 0 aliphatic heterocycles. The van der Waals surface area contributed by atoms with Crippen LogP contribution in [0.5, 0.6) is 11.6 Å². The molecule has 0 bridgehead atoms. The fourth-order valence-electron chi connectivity index (χ4n) is 1.91. The minimum Gasteiger partial charge on any atom is -0.487 e. The van der Waals surface area contributed by atoms with Gasteiger partial charge < -0.3 is 9.47 Å². The molecule has 0 atom stereocenters. The molecule has 0 N–H and O–H groups in total. The van der Waals surface area contributed by atoms with E-state index in [-0.39, 0.29) is 0 Å². The molecule has 0 aliphatic rings. The largest absolute Gasteiger partial charge is 0.487 e. The molecule has 0 saturated heterocycles. The number of hydrogen-bond donors (Lipinski definition) is 0. The maximum absolute atomic E-state index is 5.60. The lowest BCUT2D eigenvalue weighted by atomic mass is 10.1. The van der Waals surface area contributed by atoms with Crippen molar-refractivity contribution in [1.82, 2.24) is 4.98 Å². The van der Waals surface area contributed by atoms with Crippen molar-refractivity contribution in [2.75, 3.05) is 7.11 Å². The van der Waals surface area contributed by atoms with Crippen molar-refractivity contribution >= 4 is 0 Å².